The molecule has 0 unspecified atom stereocenters. The second kappa shape index (κ2) is 7.32. The molecule has 0 spiro atoms. The van der Waals surface area contributed by atoms with Crippen molar-refractivity contribution >= 4 is 34.6 Å². The predicted octanol–water partition coefficient (Wildman–Crippen LogP) is 3.97. The number of ether oxygens (including phenoxy) is 1. The summed E-state index contributed by atoms with van der Waals surface area (Å²) in [5.74, 6) is 0.365. The number of nitrogens with zero attached hydrogens (tertiary/aromatic N) is 2. The highest BCUT2D eigenvalue weighted by Gasteiger charge is 2.06. The fourth-order valence-electron chi connectivity index (χ4n) is 2.40. The first kappa shape index (κ1) is 16.9. The SMILES string of the molecule is COc1ccc(C(=O)N/N=C\c2cc3cccc(C)c3nc2Cl)cc1. The number of aromatic nitrogens is 1. The smallest absolute Gasteiger partial charge is 0.271 e. The summed E-state index contributed by atoms with van der Waals surface area (Å²) in [7, 11) is 1.57. The van der Waals surface area contributed by atoms with Gasteiger partial charge < -0.3 is 4.74 Å². The van der Waals surface area contributed by atoms with Crippen LogP contribution >= 0.6 is 11.6 Å². The predicted molar refractivity (Wildman–Crippen MR) is 99.5 cm³/mol. The van der Waals surface area contributed by atoms with Gasteiger partial charge in [0.15, 0.2) is 0 Å². The molecule has 3 aromatic rings. The quantitative estimate of drug-likeness (QED) is 0.438. The van der Waals surface area contributed by atoms with Crippen molar-refractivity contribution in [3.8, 4) is 5.75 Å². The van der Waals surface area contributed by atoms with E-state index in [1.165, 1.54) is 6.21 Å². The molecular weight excluding hydrogens is 338 g/mol. The number of aryl methyl sites for hydroxylation is 1. The molecule has 0 saturated carbocycles. The second-order valence-corrected chi connectivity index (χ2v) is 5.80. The van der Waals surface area contributed by atoms with Crippen LogP contribution < -0.4 is 10.2 Å². The van der Waals surface area contributed by atoms with Gasteiger partial charge in [0.2, 0.25) is 0 Å². The summed E-state index contributed by atoms with van der Waals surface area (Å²) in [6.07, 6.45) is 1.48. The minimum atomic E-state index is -0.320. The molecule has 5 nitrogen and oxygen atoms in total. The monoisotopic (exact) mass is 353 g/mol. The van der Waals surface area contributed by atoms with Gasteiger partial charge in [0.05, 0.1) is 18.8 Å². The van der Waals surface area contributed by atoms with Crippen LogP contribution in [0.4, 0.5) is 0 Å². The molecule has 6 heteroatoms. The van der Waals surface area contributed by atoms with E-state index in [0.29, 0.717) is 22.0 Å². The molecule has 0 fully saturated rings. The van der Waals surface area contributed by atoms with Crippen LogP contribution in [0.1, 0.15) is 21.5 Å². The molecule has 0 saturated heterocycles. The van der Waals surface area contributed by atoms with Gasteiger partial charge in [-0.2, -0.15) is 5.10 Å². The Labute approximate surface area is 150 Å². The number of methoxy groups -OCH3 is 1. The van der Waals surface area contributed by atoms with E-state index in [1.54, 1.807) is 31.4 Å². The molecule has 0 radical (unpaired) electrons. The molecular formula is C19H16ClN3O2. The fourth-order valence-corrected chi connectivity index (χ4v) is 2.59. The summed E-state index contributed by atoms with van der Waals surface area (Å²) in [6.45, 7) is 1.98. The Bertz CT molecular complexity index is 953. The van der Waals surface area contributed by atoms with Crippen molar-refractivity contribution in [3.05, 3.63) is 70.4 Å². The molecule has 0 atom stereocenters. The molecule has 1 aromatic heterocycles. The number of rotatable bonds is 4. The van der Waals surface area contributed by atoms with Crippen LogP contribution in [0.2, 0.25) is 5.15 Å². The Morgan fingerprint density at radius 1 is 1.24 bits per heavy atom. The van der Waals surface area contributed by atoms with Crippen molar-refractivity contribution in [2.24, 2.45) is 5.10 Å². The summed E-state index contributed by atoms with van der Waals surface area (Å²) in [5.41, 5.74) is 5.50. The molecule has 0 aliphatic carbocycles. The maximum absolute atomic E-state index is 12.1. The summed E-state index contributed by atoms with van der Waals surface area (Å²) < 4.78 is 5.06. The lowest BCUT2D eigenvalue weighted by atomic mass is 10.1. The van der Waals surface area contributed by atoms with Crippen molar-refractivity contribution < 1.29 is 9.53 Å². The van der Waals surface area contributed by atoms with E-state index in [9.17, 15) is 4.79 Å². The molecule has 0 aliphatic heterocycles. The van der Waals surface area contributed by atoms with Gasteiger partial charge in [-0.05, 0) is 42.8 Å². The third-order valence-corrected chi connectivity index (χ3v) is 4.05. The first-order chi connectivity index (χ1) is 12.1. The summed E-state index contributed by atoms with van der Waals surface area (Å²) in [4.78, 5) is 16.5. The van der Waals surface area contributed by atoms with Crippen LogP contribution in [-0.2, 0) is 0 Å². The van der Waals surface area contributed by atoms with Gasteiger partial charge in [-0.15, -0.1) is 0 Å². The van der Waals surface area contributed by atoms with Gasteiger partial charge in [0.1, 0.15) is 10.9 Å². The molecule has 3 rings (SSSR count). The largest absolute Gasteiger partial charge is 0.497 e. The van der Waals surface area contributed by atoms with Crippen LogP contribution in [0.25, 0.3) is 10.9 Å². The zero-order valence-corrected chi connectivity index (χ0v) is 14.5. The molecule has 1 heterocycles. The molecule has 126 valence electrons. The number of amides is 1. The Balaban J connectivity index is 1.76. The summed E-state index contributed by atoms with van der Waals surface area (Å²) in [6, 6.07) is 14.5. The van der Waals surface area contributed by atoms with Gasteiger partial charge in [0.25, 0.3) is 5.91 Å². The number of hydrazone groups is 1. The summed E-state index contributed by atoms with van der Waals surface area (Å²) in [5, 5.41) is 5.27. The Kier molecular flexibility index (Phi) is 4.95. The zero-order valence-electron chi connectivity index (χ0n) is 13.8. The Hall–Kier alpha value is -2.92. The van der Waals surface area contributed by atoms with E-state index in [0.717, 1.165) is 16.5 Å². The van der Waals surface area contributed by atoms with E-state index >= 15 is 0 Å². The second-order valence-electron chi connectivity index (χ2n) is 5.44. The van der Waals surface area contributed by atoms with Crippen LogP contribution in [0.5, 0.6) is 5.75 Å². The third-order valence-electron chi connectivity index (χ3n) is 3.75. The van der Waals surface area contributed by atoms with Gasteiger partial charge in [-0.1, -0.05) is 29.8 Å². The van der Waals surface area contributed by atoms with E-state index in [4.69, 9.17) is 16.3 Å². The van der Waals surface area contributed by atoms with Crippen LogP contribution in [0.3, 0.4) is 0 Å². The fraction of sp³-hybridized carbons (Fsp3) is 0.105. The lowest BCUT2D eigenvalue weighted by molar-refractivity contribution is 0.0955. The first-order valence-electron chi connectivity index (χ1n) is 7.62. The number of pyridine rings is 1. The maximum atomic E-state index is 12.1. The number of hydrogen-bond acceptors (Lipinski definition) is 4. The molecule has 0 bridgehead atoms. The normalized spacial score (nSPS) is 11.0. The highest BCUT2D eigenvalue weighted by molar-refractivity contribution is 6.32. The number of halogens is 1. The third kappa shape index (κ3) is 3.78. The molecule has 1 N–H and O–H groups in total. The minimum absolute atomic E-state index is 0.320. The van der Waals surface area contributed by atoms with Crippen molar-refractivity contribution in [3.63, 3.8) is 0 Å². The van der Waals surface area contributed by atoms with Crippen molar-refractivity contribution in [1.29, 1.82) is 0 Å². The lowest BCUT2D eigenvalue weighted by Crippen LogP contribution is -2.17. The van der Waals surface area contributed by atoms with Gasteiger partial charge in [-0.3, -0.25) is 4.79 Å². The standard InChI is InChI=1S/C19H16ClN3O2/c1-12-4-3-5-14-10-15(18(20)22-17(12)14)11-21-23-19(24)13-6-8-16(25-2)9-7-13/h3-11H,1-2H3,(H,23,24)/b21-11-. The molecule has 25 heavy (non-hydrogen) atoms. The van der Waals surface area contributed by atoms with E-state index in [2.05, 4.69) is 15.5 Å². The molecule has 0 aliphatic rings. The number of carbonyl (C=O) groups is 1. The average molecular weight is 354 g/mol. The van der Waals surface area contributed by atoms with E-state index in [1.807, 2.05) is 31.2 Å². The van der Waals surface area contributed by atoms with Gasteiger partial charge >= 0.3 is 0 Å². The van der Waals surface area contributed by atoms with E-state index < -0.39 is 0 Å². The lowest BCUT2D eigenvalue weighted by Gasteiger charge is -2.05. The molecule has 2 aromatic carbocycles. The van der Waals surface area contributed by atoms with Gasteiger partial charge in [-0.25, -0.2) is 10.4 Å². The first-order valence-corrected chi connectivity index (χ1v) is 7.99. The number of carbonyl (C=O) groups excluding carboxylic acids is 1. The Morgan fingerprint density at radius 3 is 2.72 bits per heavy atom. The topological polar surface area (TPSA) is 63.6 Å². The average Bonchev–Trinajstić information content (AvgIpc) is 2.63. The highest BCUT2D eigenvalue weighted by Crippen LogP contribution is 2.21. The van der Waals surface area contributed by atoms with Crippen molar-refractivity contribution in [2.45, 2.75) is 6.92 Å². The number of nitrogens with one attached hydrogen (secondary N) is 1. The summed E-state index contributed by atoms with van der Waals surface area (Å²) >= 11 is 6.21. The zero-order chi connectivity index (χ0) is 17.8. The van der Waals surface area contributed by atoms with Gasteiger partial charge in [0, 0.05) is 16.5 Å². The maximum Gasteiger partial charge on any atom is 0.271 e. The number of hydrogen-bond donors (Lipinski definition) is 1. The van der Waals surface area contributed by atoms with Crippen LogP contribution in [0, 0.1) is 6.92 Å². The van der Waals surface area contributed by atoms with Crippen molar-refractivity contribution in [2.75, 3.05) is 7.11 Å². The number of para-hydroxylation sites is 1. The van der Waals surface area contributed by atoms with Crippen LogP contribution in [0.15, 0.2) is 53.6 Å². The van der Waals surface area contributed by atoms with Crippen LogP contribution in [-0.4, -0.2) is 24.2 Å². The van der Waals surface area contributed by atoms with Crippen molar-refractivity contribution in [1.82, 2.24) is 10.4 Å². The Morgan fingerprint density at radius 2 is 2.00 bits per heavy atom. The minimum Gasteiger partial charge on any atom is -0.497 e. The molecule has 1 amide bonds. The van der Waals surface area contributed by atoms with E-state index in [-0.39, 0.29) is 5.91 Å². The number of fused-ring (bicyclic) bond motifs is 1. The highest BCUT2D eigenvalue weighted by atomic mass is 35.5. The number of benzene rings is 2.